The van der Waals surface area contributed by atoms with E-state index in [1.807, 2.05) is 0 Å². The van der Waals surface area contributed by atoms with E-state index in [4.69, 9.17) is 10.5 Å². The number of nitrogens with two attached hydrogens (primary N) is 1. The largest absolute Gasteiger partial charge is 0.489 e. The number of hydrogen-bond acceptors (Lipinski definition) is 2. The molecule has 2 aromatic rings. The molecule has 2 nitrogen and oxygen atoms in total. The monoisotopic (exact) mass is 267 g/mol. The Bertz CT molecular complexity index is 587. The van der Waals surface area contributed by atoms with E-state index >= 15 is 0 Å². The number of ether oxygens (including phenoxy) is 1. The topological polar surface area (TPSA) is 35.2 Å². The molecule has 0 amide bonds. The summed E-state index contributed by atoms with van der Waals surface area (Å²) in [5.41, 5.74) is 6.47. The smallest absolute Gasteiger partial charge is 0.159 e. The summed E-state index contributed by atoms with van der Waals surface area (Å²) in [5.74, 6) is -2.02. The van der Waals surface area contributed by atoms with E-state index in [1.165, 1.54) is 18.2 Å². The number of benzene rings is 2. The summed E-state index contributed by atoms with van der Waals surface area (Å²) >= 11 is 0. The van der Waals surface area contributed by atoms with Gasteiger partial charge in [0.2, 0.25) is 0 Å². The molecule has 2 aromatic carbocycles. The molecule has 0 spiro atoms. The van der Waals surface area contributed by atoms with Crippen LogP contribution >= 0.6 is 0 Å². The predicted octanol–water partition coefficient (Wildman–Crippen LogP) is 3.14. The maximum atomic E-state index is 13.2. The summed E-state index contributed by atoms with van der Waals surface area (Å²) in [5, 5.41) is 0. The number of hydrogen-bond donors (Lipinski definition) is 1. The van der Waals surface area contributed by atoms with Crippen LogP contribution in [0.4, 0.5) is 13.2 Å². The van der Waals surface area contributed by atoms with Gasteiger partial charge in [0.25, 0.3) is 0 Å². The standard InChI is InChI=1S/C14H12F3NO/c15-11-3-10(7-18)4-12(6-11)19-8-9-1-2-13(16)14(17)5-9/h1-6H,7-8,18H2. The van der Waals surface area contributed by atoms with E-state index in [-0.39, 0.29) is 13.2 Å². The molecule has 0 aliphatic rings. The van der Waals surface area contributed by atoms with E-state index in [0.717, 1.165) is 12.1 Å². The van der Waals surface area contributed by atoms with Crippen LogP contribution in [0.25, 0.3) is 0 Å². The molecule has 0 aromatic heterocycles. The number of rotatable bonds is 4. The maximum absolute atomic E-state index is 13.2. The molecule has 0 unspecified atom stereocenters. The zero-order valence-corrected chi connectivity index (χ0v) is 10.00. The second-order valence-corrected chi connectivity index (χ2v) is 4.04. The van der Waals surface area contributed by atoms with Crippen molar-refractivity contribution in [2.24, 2.45) is 5.73 Å². The van der Waals surface area contributed by atoms with Crippen molar-refractivity contribution in [3.05, 3.63) is 65.0 Å². The molecule has 0 aliphatic heterocycles. The third kappa shape index (κ3) is 3.48. The molecule has 0 saturated carbocycles. The Kier molecular flexibility index (Phi) is 4.06. The van der Waals surface area contributed by atoms with Gasteiger partial charge in [-0.2, -0.15) is 0 Å². The average molecular weight is 267 g/mol. The molecule has 0 atom stereocenters. The fraction of sp³-hybridized carbons (Fsp3) is 0.143. The van der Waals surface area contributed by atoms with Gasteiger partial charge < -0.3 is 10.5 Å². The minimum atomic E-state index is -0.942. The zero-order chi connectivity index (χ0) is 13.8. The summed E-state index contributed by atoms with van der Waals surface area (Å²) in [4.78, 5) is 0. The summed E-state index contributed by atoms with van der Waals surface area (Å²) in [6.45, 7) is 0.212. The van der Waals surface area contributed by atoms with Gasteiger partial charge in [-0.15, -0.1) is 0 Å². The van der Waals surface area contributed by atoms with E-state index in [1.54, 1.807) is 6.07 Å². The molecule has 2 rings (SSSR count). The fourth-order valence-corrected chi connectivity index (χ4v) is 1.62. The molecule has 0 bridgehead atoms. The van der Waals surface area contributed by atoms with E-state index < -0.39 is 17.5 Å². The van der Waals surface area contributed by atoms with Gasteiger partial charge in [0, 0.05) is 12.6 Å². The first-order chi connectivity index (χ1) is 9.08. The molecule has 2 N–H and O–H groups in total. The average Bonchev–Trinajstić information content (AvgIpc) is 2.39. The van der Waals surface area contributed by atoms with Crippen molar-refractivity contribution in [3.8, 4) is 5.75 Å². The molecule has 100 valence electrons. The van der Waals surface area contributed by atoms with Crippen molar-refractivity contribution >= 4 is 0 Å². The Labute approximate surface area is 108 Å². The Morgan fingerprint density at radius 1 is 0.895 bits per heavy atom. The van der Waals surface area contributed by atoms with Crippen molar-refractivity contribution in [1.82, 2.24) is 0 Å². The predicted molar refractivity (Wildman–Crippen MR) is 65.0 cm³/mol. The Morgan fingerprint density at radius 3 is 2.37 bits per heavy atom. The van der Waals surface area contributed by atoms with Crippen molar-refractivity contribution in [3.63, 3.8) is 0 Å². The van der Waals surface area contributed by atoms with Crippen molar-refractivity contribution in [1.29, 1.82) is 0 Å². The Hall–Kier alpha value is -2.01. The van der Waals surface area contributed by atoms with Crippen LogP contribution in [0.15, 0.2) is 36.4 Å². The molecule has 19 heavy (non-hydrogen) atoms. The summed E-state index contributed by atoms with van der Waals surface area (Å²) in [6, 6.07) is 7.58. The Morgan fingerprint density at radius 2 is 1.68 bits per heavy atom. The van der Waals surface area contributed by atoms with Gasteiger partial charge >= 0.3 is 0 Å². The fourth-order valence-electron chi connectivity index (χ4n) is 1.62. The second-order valence-electron chi connectivity index (χ2n) is 4.04. The van der Waals surface area contributed by atoms with E-state index in [0.29, 0.717) is 16.9 Å². The van der Waals surface area contributed by atoms with Crippen LogP contribution < -0.4 is 10.5 Å². The third-order valence-electron chi connectivity index (χ3n) is 2.56. The van der Waals surface area contributed by atoms with Crippen LogP contribution in [-0.4, -0.2) is 0 Å². The Balaban J connectivity index is 2.09. The summed E-state index contributed by atoms with van der Waals surface area (Å²) < 4.78 is 44.3. The van der Waals surface area contributed by atoms with Crippen LogP contribution in [0.5, 0.6) is 5.75 Å². The van der Waals surface area contributed by atoms with Crippen LogP contribution in [0.1, 0.15) is 11.1 Å². The van der Waals surface area contributed by atoms with Crippen LogP contribution in [-0.2, 0) is 13.2 Å². The van der Waals surface area contributed by atoms with Crippen molar-refractivity contribution < 1.29 is 17.9 Å². The van der Waals surface area contributed by atoms with Gasteiger partial charge in [0.1, 0.15) is 18.2 Å². The molecule has 0 heterocycles. The maximum Gasteiger partial charge on any atom is 0.159 e. The minimum absolute atomic E-state index is 0.0185. The lowest BCUT2D eigenvalue weighted by molar-refractivity contribution is 0.303. The van der Waals surface area contributed by atoms with Crippen LogP contribution in [0.2, 0.25) is 0 Å². The van der Waals surface area contributed by atoms with Crippen LogP contribution in [0, 0.1) is 17.5 Å². The molecule has 5 heteroatoms. The van der Waals surface area contributed by atoms with Crippen molar-refractivity contribution in [2.75, 3.05) is 0 Å². The molecular weight excluding hydrogens is 255 g/mol. The molecule has 0 fully saturated rings. The molecule has 0 radical (unpaired) electrons. The number of halogens is 3. The quantitative estimate of drug-likeness (QED) is 0.923. The lowest BCUT2D eigenvalue weighted by atomic mass is 10.2. The summed E-state index contributed by atoms with van der Waals surface area (Å²) in [7, 11) is 0. The zero-order valence-electron chi connectivity index (χ0n) is 10.00. The highest BCUT2D eigenvalue weighted by Gasteiger charge is 2.05. The van der Waals surface area contributed by atoms with Crippen molar-refractivity contribution in [2.45, 2.75) is 13.2 Å². The van der Waals surface area contributed by atoms with Gasteiger partial charge in [-0.1, -0.05) is 6.07 Å². The second kappa shape index (κ2) is 5.75. The SMILES string of the molecule is NCc1cc(F)cc(OCc2ccc(F)c(F)c2)c1. The lowest BCUT2D eigenvalue weighted by Crippen LogP contribution is -2.01. The minimum Gasteiger partial charge on any atom is -0.489 e. The third-order valence-corrected chi connectivity index (χ3v) is 2.56. The molecule has 0 aliphatic carbocycles. The van der Waals surface area contributed by atoms with Gasteiger partial charge in [-0.3, -0.25) is 0 Å². The molecule has 0 saturated heterocycles. The van der Waals surface area contributed by atoms with E-state index in [2.05, 4.69) is 0 Å². The van der Waals surface area contributed by atoms with Gasteiger partial charge in [0.05, 0.1) is 0 Å². The van der Waals surface area contributed by atoms with Gasteiger partial charge in [-0.05, 0) is 35.4 Å². The van der Waals surface area contributed by atoms with Crippen LogP contribution in [0.3, 0.4) is 0 Å². The van der Waals surface area contributed by atoms with Gasteiger partial charge in [0.15, 0.2) is 11.6 Å². The van der Waals surface area contributed by atoms with Gasteiger partial charge in [-0.25, -0.2) is 13.2 Å². The highest BCUT2D eigenvalue weighted by Crippen LogP contribution is 2.18. The first-order valence-corrected chi connectivity index (χ1v) is 5.65. The molecular formula is C14H12F3NO. The first-order valence-electron chi connectivity index (χ1n) is 5.65. The highest BCUT2D eigenvalue weighted by molar-refractivity contribution is 5.30. The van der Waals surface area contributed by atoms with E-state index in [9.17, 15) is 13.2 Å². The highest BCUT2D eigenvalue weighted by atomic mass is 19.2. The summed E-state index contributed by atoms with van der Waals surface area (Å²) in [6.07, 6.45) is 0. The first kappa shape index (κ1) is 13.4. The lowest BCUT2D eigenvalue weighted by Gasteiger charge is -2.08. The normalized spacial score (nSPS) is 10.5.